The molecule has 162 valence electrons. The van der Waals surface area contributed by atoms with Gasteiger partial charge in [0.15, 0.2) is 5.75 Å². The maximum absolute atomic E-state index is 13.1. The van der Waals surface area contributed by atoms with Gasteiger partial charge in [0.25, 0.3) is 5.69 Å². The Kier molecular flexibility index (Phi) is 6.84. The van der Waals surface area contributed by atoms with Gasteiger partial charge in [0.1, 0.15) is 5.75 Å². The fourth-order valence-electron chi connectivity index (χ4n) is 3.53. The molecule has 7 nitrogen and oxygen atoms in total. The zero-order valence-corrected chi connectivity index (χ0v) is 19.2. The predicted octanol–water partition coefficient (Wildman–Crippen LogP) is 6.01. The monoisotopic (exact) mass is 492 g/mol. The average molecular weight is 494 g/mol. The Morgan fingerprint density at radius 1 is 1.03 bits per heavy atom. The van der Waals surface area contributed by atoms with Gasteiger partial charge in [0, 0.05) is 25.2 Å². The highest BCUT2D eigenvalue weighted by Gasteiger charge is 2.32. The average Bonchev–Trinajstić information content (AvgIpc) is 2.64. The molecule has 30 heavy (non-hydrogen) atoms. The molecule has 2 aromatic carbocycles. The van der Waals surface area contributed by atoms with Crippen LogP contribution in [0.15, 0.2) is 35.2 Å². The summed E-state index contributed by atoms with van der Waals surface area (Å²) < 4.78 is 33.3. The Balaban J connectivity index is 1.91. The molecule has 1 heterocycles. The van der Waals surface area contributed by atoms with Crippen LogP contribution in [0.1, 0.15) is 20.3 Å². The lowest BCUT2D eigenvalue weighted by atomic mass is 9.94. The number of hydrogen-bond acceptors (Lipinski definition) is 5. The van der Waals surface area contributed by atoms with Gasteiger partial charge in [-0.25, -0.2) is 8.42 Å². The molecule has 0 saturated carbocycles. The summed E-state index contributed by atoms with van der Waals surface area (Å²) in [5.41, 5.74) is -0.198. The van der Waals surface area contributed by atoms with E-state index in [0.29, 0.717) is 13.1 Å². The number of nitro groups is 1. The summed E-state index contributed by atoms with van der Waals surface area (Å²) >= 11 is 18.6. The van der Waals surface area contributed by atoms with Crippen LogP contribution in [0.25, 0.3) is 0 Å². The Morgan fingerprint density at radius 2 is 1.60 bits per heavy atom. The molecule has 3 rings (SSSR count). The molecule has 0 amide bonds. The van der Waals surface area contributed by atoms with Gasteiger partial charge in [-0.3, -0.25) is 10.1 Å². The van der Waals surface area contributed by atoms with Crippen LogP contribution in [0.5, 0.6) is 11.5 Å². The number of nitro benzene ring substituents is 1. The van der Waals surface area contributed by atoms with Gasteiger partial charge < -0.3 is 4.74 Å². The standard InChI is InChI=1S/C19H19Cl3N2O5S/c1-11-5-12(2)10-23(9-11)30(27,28)14-7-16(21)19(17(22)8-14)29-18-4-3-13(24(25)26)6-15(18)20/h3-4,6-8,11-12H,5,9-10H2,1-2H3. The highest BCUT2D eigenvalue weighted by atomic mass is 35.5. The van der Waals surface area contributed by atoms with Crippen molar-refractivity contribution in [1.82, 2.24) is 4.31 Å². The van der Waals surface area contributed by atoms with Crippen molar-refractivity contribution in [2.75, 3.05) is 13.1 Å². The number of hydrogen-bond donors (Lipinski definition) is 0. The van der Waals surface area contributed by atoms with Crippen LogP contribution in [0.3, 0.4) is 0 Å². The van der Waals surface area contributed by atoms with Crippen LogP contribution in [0.2, 0.25) is 15.1 Å². The Hall–Kier alpha value is -1.58. The Labute approximate surface area is 189 Å². The number of piperidine rings is 1. The van der Waals surface area contributed by atoms with Gasteiger partial charge in [-0.2, -0.15) is 4.31 Å². The minimum atomic E-state index is -3.78. The third kappa shape index (κ3) is 4.84. The van der Waals surface area contributed by atoms with Crippen LogP contribution in [-0.2, 0) is 10.0 Å². The minimum absolute atomic E-state index is 0.00779. The third-order valence-electron chi connectivity index (χ3n) is 4.78. The first-order valence-electron chi connectivity index (χ1n) is 9.10. The van der Waals surface area contributed by atoms with E-state index in [0.717, 1.165) is 12.5 Å². The lowest BCUT2D eigenvalue weighted by Crippen LogP contribution is -2.42. The minimum Gasteiger partial charge on any atom is -0.453 e. The molecule has 1 aliphatic rings. The highest BCUT2D eigenvalue weighted by molar-refractivity contribution is 7.89. The van der Waals surface area contributed by atoms with Crippen molar-refractivity contribution in [3.63, 3.8) is 0 Å². The number of ether oxygens (including phenoxy) is 1. The molecule has 0 radical (unpaired) electrons. The van der Waals surface area contributed by atoms with Crippen molar-refractivity contribution in [1.29, 1.82) is 0 Å². The first-order chi connectivity index (χ1) is 14.0. The molecule has 1 fully saturated rings. The zero-order chi connectivity index (χ0) is 22.2. The van der Waals surface area contributed by atoms with E-state index in [1.54, 1.807) is 0 Å². The molecule has 1 aliphatic heterocycles. The van der Waals surface area contributed by atoms with Crippen molar-refractivity contribution >= 4 is 50.5 Å². The van der Waals surface area contributed by atoms with Crippen LogP contribution in [-0.4, -0.2) is 30.7 Å². The summed E-state index contributed by atoms with van der Waals surface area (Å²) in [7, 11) is -3.78. The molecule has 1 saturated heterocycles. The summed E-state index contributed by atoms with van der Waals surface area (Å²) in [6.45, 7) is 4.89. The van der Waals surface area contributed by atoms with Crippen molar-refractivity contribution in [3.8, 4) is 11.5 Å². The molecule has 0 spiro atoms. The largest absolute Gasteiger partial charge is 0.453 e. The summed E-state index contributed by atoms with van der Waals surface area (Å²) in [5, 5.41) is 10.8. The summed E-state index contributed by atoms with van der Waals surface area (Å²) in [5.74, 6) is 0.608. The molecule has 0 aliphatic carbocycles. The normalized spacial score (nSPS) is 20.2. The Morgan fingerprint density at radius 3 is 2.10 bits per heavy atom. The van der Waals surface area contributed by atoms with E-state index in [4.69, 9.17) is 39.5 Å². The van der Waals surface area contributed by atoms with Gasteiger partial charge in [-0.05, 0) is 36.5 Å². The van der Waals surface area contributed by atoms with Crippen molar-refractivity contribution < 1.29 is 18.1 Å². The van der Waals surface area contributed by atoms with E-state index < -0.39 is 14.9 Å². The molecule has 0 N–H and O–H groups in total. The molecule has 0 aromatic heterocycles. The first-order valence-corrected chi connectivity index (χ1v) is 11.7. The fraction of sp³-hybridized carbons (Fsp3) is 0.368. The van der Waals surface area contributed by atoms with Crippen LogP contribution < -0.4 is 4.74 Å². The van der Waals surface area contributed by atoms with Crippen molar-refractivity contribution in [3.05, 3.63) is 55.5 Å². The second-order valence-electron chi connectivity index (χ2n) is 7.46. The van der Waals surface area contributed by atoms with Gasteiger partial charge >= 0.3 is 0 Å². The molecule has 11 heteroatoms. The van der Waals surface area contributed by atoms with E-state index >= 15 is 0 Å². The molecular weight excluding hydrogens is 475 g/mol. The van der Waals surface area contributed by atoms with Crippen molar-refractivity contribution in [2.45, 2.75) is 25.2 Å². The maximum Gasteiger partial charge on any atom is 0.271 e. The van der Waals surface area contributed by atoms with E-state index in [-0.39, 0.29) is 49.0 Å². The SMILES string of the molecule is CC1CC(C)CN(S(=O)(=O)c2cc(Cl)c(Oc3ccc([N+](=O)[O-])cc3Cl)c(Cl)c2)C1. The second-order valence-corrected chi connectivity index (χ2v) is 10.6. The van der Waals surface area contributed by atoms with Gasteiger partial charge in [-0.1, -0.05) is 48.7 Å². The van der Waals surface area contributed by atoms with Crippen LogP contribution >= 0.6 is 34.8 Å². The summed E-state index contributed by atoms with van der Waals surface area (Å²) in [6, 6.07) is 6.23. The third-order valence-corrected chi connectivity index (χ3v) is 7.45. The lowest BCUT2D eigenvalue weighted by Gasteiger charge is -2.34. The molecule has 2 aromatic rings. The number of rotatable bonds is 5. The lowest BCUT2D eigenvalue weighted by molar-refractivity contribution is -0.384. The number of sulfonamides is 1. The van der Waals surface area contributed by atoms with Crippen LogP contribution in [0.4, 0.5) is 5.69 Å². The second kappa shape index (κ2) is 8.88. The first kappa shape index (κ1) is 23.1. The molecular formula is C19H19Cl3N2O5S. The Bertz CT molecular complexity index is 1060. The fourth-order valence-corrected chi connectivity index (χ4v) is 6.17. The number of nitrogens with zero attached hydrogens (tertiary/aromatic N) is 2. The molecule has 0 bridgehead atoms. The van der Waals surface area contributed by atoms with E-state index in [1.807, 2.05) is 13.8 Å². The maximum atomic E-state index is 13.1. The van der Waals surface area contributed by atoms with E-state index in [1.165, 1.54) is 28.6 Å². The highest BCUT2D eigenvalue weighted by Crippen LogP contribution is 2.41. The molecule has 2 atom stereocenters. The van der Waals surface area contributed by atoms with Gasteiger partial charge in [0.2, 0.25) is 10.0 Å². The zero-order valence-electron chi connectivity index (χ0n) is 16.1. The van der Waals surface area contributed by atoms with Gasteiger partial charge in [-0.15, -0.1) is 0 Å². The van der Waals surface area contributed by atoms with E-state index in [9.17, 15) is 18.5 Å². The number of halogens is 3. The quantitative estimate of drug-likeness (QED) is 0.375. The van der Waals surface area contributed by atoms with Gasteiger partial charge in [0.05, 0.1) is 24.9 Å². The topological polar surface area (TPSA) is 89.8 Å². The smallest absolute Gasteiger partial charge is 0.271 e. The summed E-state index contributed by atoms with van der Waals surface area (Å²) in [4.78, 5) is 10.2. The predicted molar refractivity (Wildman–Crippen MR) is 116 cm³/mol. The van der Waals surface area contributed by atoms with E-state index in [2.05, 4.69) is 0 Å². The molecule has 2 unspecified atom stereocenters. The summed E-state index contributed by atoms with van der Waals surface area (Å²) in [6.07, 6.45) is 0.969. The van der Waals surface area contributed by atoms with Crippen LogP contribution in [0, 0.1) is 22.0 Å². The number of non-ortho nitro benzene ring substituents is 1. The van der Waals surface area contributed by atoms with Crippen molar-refractivity contribution in [2.24, 2.45) is 11.8 Å². The number of benzene rings is 2.